The number of aliphatic hydroxyl groups is 2. The van der Waals surface area contributed by atoms with E-state index in [4.69, 9.17) is 4.74 Å². The van der Waals surface area contributed by atoms with E-state index in [2.05, 4.69) is 31.3 Å². The first-order chi connectivity index (χ1) is 41.0. The van der Waals surface area contributed by atoms with E-state index in [1.165, 1.54) is 372 Å². The zero-order chi connectivity index (χ0) is 59.9. The summed E-state index contributed by atoms with van der Waals surface area (Å²) in [5.74, 6) is -0.00392. The van der Waals surface area contributed by atoms with E-state index in [0.717, 1.165) is 38.5 Å². The Morgan fingerprint density at radius 3 is 0.855 bits per heavy atom. The number of aliphatic hydroxyl groups excluding tert-OH is 2. The maximum Gasteiger partial charge on any atom is 0.305 e. The van der Waals surface area contributed by atoms with Crippen LogP contribution in [0.5, 0.6) is 0 Å². The number of hydrogen-bond acceptors (Lipinski definition) is 5. The highest BCUT2D eigenvalue weighted by Gasteiger charge is 2.20. The number of carbonyl (C=O) groups is 2. The Bertz CT molecular complexity index is 1260. The zero-order valence-electron chi connectivity index (χ0n) is 56.7. The first kappa shape index (κ1) is 81.6. The van der Waals surface area contributed by atoms with Gasteiger partial charge < -0.3 is 20.3 Å². The van der Waals surface area contributed by atoms with Gasteiger partial charge in [-0.15, -0.1) is 0 Å². The van der Waals surface area contributed by atoms with Gasteiger partial charge >= 0.3 is 5.97 Å². The van der Waals surface area contributed by atoms with E-state index < -0.39 is 12.1 Å². The summed E-state index contributed by atoms with van der Waals surface area (Å²) in [6.45, 7) is 5.00. The maximum absolute atomic E-state index is 12.5. The summed E-state index contributed by atoms with van der Waals surface area (Å²) in [6, 6.07) is -0.538. The third kappa shape index (κ3) is 69.6. The van der Waals surface area contributed by atoms with Crippen molar-refractivity contribution >= 4 is 11.9 Å². The van der Waals surface area contributed by atoms with E-state index in [-0.39, 0.29) is 18.5 Å². The predicted octanol–water partition coefficient (Wildman–Crippen LogP) is 25.1. The topological polar surface area (TPSA) is 95.9 Å². The Morgan fingerprint density at radius 2 is 0.566 bits per heavy atom. The lowest BCUT2D eigenvalue weighted by Gasteiger charge is -2.22. The number of nitrogens with one attached hydrogen (secondary N) is 1. The minimum Gasteiger partial charge on any atom is -0.466 e. The fraction of sp³-hybridized carbons (Fsp3) is 0.948. The van der Waals surface area contributed by atoms with Crippen LogP contribution in [-0.4, -0.2) is 47.4 Å². The molecule has 0 saturated carbocycles. The van der Waals surface area contributed by atoms with Crippen LogP contribution in [0.15, 0.2) is 12.2 Å². The van der Waals surface area contributed by atoms with Gasteiger partial charge in [0.2, 0.25) is 5.91 Å². The highest BCUT2D eigenvalue weighted by Crippen LogP contribution is 2.20. The second-order valence-corrected chi connectivity index (χ2v) is 26.7. The van der Waals surface area contributed by atoms with Gasteiger partial charge in [0.1, 0.15) is 0 Å². The normalized spacial score (nSPS) is 12.5. The fourth-order valence-electron chi connectivity index (χ4n) is 12.5. The van der Waals surface area contributed by atoms with Crippen LogP contribution in [0.4, 0.5) is 0 Å². The molecule has 0 aliphatic rings. The summed E-state index contributed by atoms with van der Waals surface area (Å²) in [5.41, 5.74) is 0. The lowest BCUT2D eigenvalue weighted by molar-refractivity contribution is -0.143. The predicted molar refractivity (Wildman–Crippen MR) is 366 cm³/mol. The first-order valence-corrected chi connectivity index (χ1v) is 38.4. The molecular weight excluding hydrogens is 1020 g/mol. The molecule has 0 spiro atoms. The van der Waals surface area contributed by atoms with Crippen LogP contribution in [0.2, 0.25) is 0 Å². The van der Waals surface area contributed by atoms with Gasteiger partial charge in [0, 0.05) is 12.8 Å². The molecule has 3 N–H and O–H groups in total. The largest absolute Gasteiger partial charge is 0.466 e. The standard InChI is InChI=1S/C77H151NO5/c1-3-5-7-9-11-13-15-17-19-20-36-40-43-47-51-55-59-63-67-71-77(82)83-72-68-64-60-56-52-48-44-41-38-35-33-31-29-27-25-23-21-22-24-26-28-30-32-34-37-39-42-46-50-54-58-62-66-70-76(81)78-74(73-79)75(80)69-65-61-57-53-49-45-18-16-14-12-10-8-6-4-2/h25,27,74-75,79-80H,3-24,26,28-73H2,1-2H3,(H,78,81)/b27-25-. The average Bonchev–Trinajstić information content (AvgIpc) is 3.49. The van der Waals surface area contributed by atoms with Crippen LogP contribution in [-0.2, 0) is 14.3 Å². The van der Waals surface area contributed by atoms with Crippen LogP contribution in [0.3, 0.4) is 0 Å². The van der Waals surface area contributed by atoms with E-state index in [1.807, 2.05) is 0 Å². The summed E-state index contributed by atoms with van der Waals surface area (Å²) in [7, 11) is 0. The number of carbonyl (C=O) groups excluding carboxylic acids is 2. The summed E-state index contributed by atoms with van der Waals surface area (Å²) >= 11 is 0. The number of rotatable bonds is 73. The Labute approximate surface area is 520 Å². The van der Waals surface area contributed by atoms with Gasteiger partial charge in [0.15, 0.2) is 0 Å². The van der Waals surface area contributed by atoms with Crippen LogP contribution < -0.4 is 5.32 Å². The van der Waals surface area contributed by atoms with Crippen LogP contribution in [0.1, 0.15) is 444 Å². The molecule has 0 aliphatic heterocycles. The molecule has 6 nitrogen and oxygen atoms in total. The van der Waals surface area contributed by atoms with Crippen LogP contribution >= 0.6 is 0 Å². The number of ether oxygens (including phenoxy) is 1. The monoisotopic (exact) mass is 1170 g/mol. The average molecular weight is 1170 g/mol. The SMILES string of the molecule is CCCCCCCCCCCCCCCCCCCCCC(=O)OCCCCCCCCCCCCCC/C=C\CCCCCCCCCCCCCCCCCCCC(=O)NC(CO)C(O)CCCCCCCCCCCCCCCC. The molecule has 494 valence electrons. The van der Waals surface area contributed by atoms with Crippen LogP contribution in [0.25, 0.3) is 0 Å². The van der Waals surface area contributed by atoms with Crippen molar-refractivity contribution in [2.24, 2.45) is 0 Å². The lowest BCUT2D eigenvalue weighted by Crippen LogP contribution is -2.45. The Morgan fingerprint density at radius 1 is 0.325 bits per heavy atom. The van der Waals surface area contributed by atoms with Gasteiger partial charge in [0.05, 0.1) is 25.4 Å². The molecule has 0 saturated heterocycles. The Kier molecular flexibility index (Phi) is 71.8. The van der Waals surface area contributed by atoms with Gasteiger partial charge in [-0.1, -0.05) is 392 Å². The highest BCUT2D eigenvalue weighted by atomic mass is 16.5. The molecule has 2 atom stereocenters. The van der Waals surface area contributed by atoms with Crippen molar-refractivity contribution in [3.05, 3.63) is 12.2 Å². The zero-order valence-corrected chi connectivity index (χ0v) is 56.7. The van der Waals surface area contributed by atoms with E-state index in [1.54, 1.807) is 0 Å². The molecule has 2 unspecified atom stereocenters. The smallest absolute Gasteiger partial charge is 0.305 e. The molecular formula is C77H151NO5. The maximum atomic E-state index is 12.5. The van der Waals surface area contributed by atoms with Crippen molar-refractivity contribution in [3.63, 3.8) is 0 Å². The van der Waals surface area contributed by atoms with E-state index in [9.17, 15) is 19.8 Å². The summed E-state index contributed by atoms with van der Waals surface area (Å²) in [6.07, 6.45) is 91.6. The molecule has 0 aliphatic carbocycles. The number of unbranched alkanes of at least 4 members (excludes halogenated alkanes) is 60. The van der Waals surface area contributed by atoms with E-state index in [0.29, 0.717) is 25.9 Å². The second-order valence-electron chi connectivity index (χ2n) is 26.7. The Balaban J connectivity index is 3.31. The van der Waals surface area contributed by atoms with Gasteiger partial charge in [-0.2, -0.15) is 0 Å². The highest BCUT2D eigenvalue weighted by molar-refractivity contribution is 5.76. The first-order valence-electron chi connectivity index (χ1n) is 38.4. The van der Waals surface area contributed by atoms with Crippen molar-refractivity contribution in [2.75, 3.05) is 13.2 Å². The van der Waals surface area contributed by atoms with Crippen molar-refractivity contribution in [3.8, 4) is 0 Å². The molecule has 0 bridgehead atoms. The van der Waals surface area contributed by atoms with Crippen LogP contribution in [0, 0.1) is 0 Å². The molecule has 1 amide bonds. The summed E-state index contributed by atoms with van der Waals surface area (Å²) < 4.78 is 5.52. The fourth-order valence-corrected chi connectivity index (χ4v) is 12.5. The van der Waals surface area contributed by atoms with Gasteiger partial charge in [-0.05, 0) is 51.4 Å². The van der Waals surface area contributed by atoms with Crippen molar-refractivity contribution in [1.82, 2.24) is 5.32 Å². The number of amides is 1. The molecule has 0 fully saturated rings. The number of esters is 1. The van der Waals surface area contributed by atoms with Gasteiger partial charge in [-0.3, -0.25) is 9.59 Å². The van der Waals surface area contributed by atoms with Gasteiger partial charge in [-0.25, -0.2) is 0 Å². The van der Waals surface area contributed by atoms with Crippen molar-refractivity contribution in [1.29, 1.82) is 0 Å². The van der Waals surface area contributed by atoms with Crippen molar-refractivity contribution < 1.29 is 24.5 Å². The molecule has 0 aromatic rings. The number of hydrogen-bond donors (Lipinski definition) is 3. The third-order valence-corrected chi connectivity index (χ3v) is 18.3. The Hall–Kier alpha value is -1.40. The van der Waals surface area contributed by atoms with Gasteiger partial charge in [0.25, 0.3) is 0 Å². The second kappa shape index (κ2) is 73.1. The van der Waals surface area contributed by atoms with E-state index >= 15 is 0 Å². The minimum absolute atomic E-state index is 0.0247. The molecule has 0 aromatic heterocycles. The molecule has 0 rings (SSSR count). The minimum atomic E-state index is -0.661. The number of allylic oxidation sites excluding steroid dienone is 2. The molecule has 0 heterocycles. The lowest BCUT2D eigenvalue weighted by atomic mass is 10.0. The molecule has 6 heteroatoms. The summed E-state index contributed by atoms with van der Waals surface area (Å²) in [4.78, 5) is 24.6. The molecule has 0 radical (unpaired) electrons. The van der Waals surface area contributed by atoms with Crippen molar-refractivity contribution in [2.45, 2.75) is 456 Å². The molecule has 0 aromatic carbocycles. The quantitative estimate of drug-likeness (QED) is 0.0320. The summed E-state index contributed by atoms with van der Waals surface area (Å²) in [5, 5.41) is 23.3. The third-order valence-electron chi connectivity index (χ3n) is 18.3. The molecule has 83 heavy (non-hydrogen) atoms.